The predicted octanol–water partition coefficient (Wildman–Crippen LogP) is 3.46. The van der Waals surface area contributed by atoms with E-state index in [1.54, 1.807) is 18.3 Å². The quantitative estimate of drug-likeness (QED) is 0.524. The van der Waals surface area contributed by atoms with E-state index in [0.717, 1.165) is 8.96 Å². The Balaban J connectivity index is 1.99. The highest BCUT2D eigenvalue weighted by molar-refractivity contribution is 14.1. The molecule has 0 aliphatic heterocycles. The zero-order valence-electron chi connectivity index (χ0n) is 14.2. The number of rotatable bonds is 4. The van der Waals surface area contributed by atoms with Gasteiger partial charge in [-0.2, -0.15) is 0 Å². The molecule has 1 aromatic heterocycles. The summed E-state index contributed by atoms with van der Waals surface area (Å²) in [7, 11) is 0. The summed E-state index contributed by atoms with van der Waals surface area (Å²) < 4.78 is 6.36. The van der Waals surface area contributed by atoms with Crippen molar-refractivity contribution in [2.75, 3.05) is 6.61 Å². The maximum atomic E-state index is 11.9. The summed E-state index contributed by atoms with van der Waals surface area (Å²) >= 11 is 8.28. The molecule has 1 aromatic carbocycles. The molecule has 0 atom stereocenters. The molecule has 0 fully saturated rings. The molecule has 134 valence electrons. The third-order valence-electron chi connectivity index (χ3n) is 3.13. The van der Waals surface area contributed by atoms with E-state index in [-0.39, 0.29) is 17.9 Å². The first-order valence-corrected chi connectivity index (χ1v) is 9.06. The van der Waals surface area contributed by atoms with E-state index in [2.05, 4.69) is 38.4 Å². The first-order valence-electron chi connectivity index (χ1n) is 7.60. The van der Waals surface area contributed by atoms with Gasteiger partial charge in [0.15, 0.2) is 12.4 Å². The molecule has 0 saturated carbocycles. The SMILES string of the molecule is CC(C)(C)CC(=O)NNC(=O)COc1c(I)cc(Cl)c2cccnc12. The predicted molar refractivity (Wildman–Crippen MR) is 105 cm³/mol. The van der Waals surface area contributed by atoms with E-state index < -0.39 is 5.91 Å². The Labute approximate surface area is 164 Å². The van der Waals surface area contributed by atoms with Crippen molar-refractivity contribution in [3.05, 3.63) is 33.0 Å². The Morgan fingerprint density at radius 2 is 1.96 bits per heavy atom. The van der Waals surface area contributed by atoms with Gasteiger partial charge in [-0.15, -0.1) is 0 Å². The van der Waals surface area contributed by atoms with Crippen LogP contribution in [0.15, 0.2) is 24.4 Å². The largest absolute Gasteiger partial charge is 0.480 e. The van der Waals surface area contributed by atoms with Crippen LogP contribution in [0.4, 0.5) is 0 Å². The van der Waals surface area contributed by atoms with E-state index in [9.17, 15) is 9.59 Å². The third-order valence-corrected chi connectivity index (χ3v) is 4.24. The summed E-state index contributed by atoms with van der Waals surface area (Å²) in [6.07, 6.45) is 1.94. The third kappa shape index (κ3) is 5.71. The second kappa shape index (κ2) is 8.18. The number of hydrogen-bond acceptors (Lipinski definition) is 4. The average Bonchev–Trinajstić information content (AvgIpc) is 2.51. The Hall–Kier alpha value is -1.61. The fraction of sp³-hybridized carbons (Fsp3) is 0.353. The number of carbonyl (C=O) groups is 2. The van der Waals surface area contributed by atoms with Crippen LogP contribution in [0.5, 0.6) is 5.75 Å². The Kier molecular flexibility index (Phi) is 6.45. The lowest BCUT2D eigenvalue weighted by Gasteiger charge is -2.17. The minimum absolute atomic E-state index is 0.157. The van der Waals surface area contributed by atoms with Crippen LogP contribution in [0.2, 0.25) is 5.02 Å². The normalized spacial score (nSPS) is 11.2. The van der Waals surface area contributed by atoms with Gasteiger partial charge in [0.2, 0.25) is 5.91 Å². The minimum Gasteiger partial charge on any atom is -0.480 e. The molecule has 0 spiro atoms. The number of fused-ring (bicyclic) bond motifs is 1. The monoisotopic (exact) mass is 475 g/mol. The number of amides is 2. The lowest BCUT2D eigenvalue weighted by Crippen LogP contribution is -2.44. The molecule has 0 saturated heterocycles. The Morgan fingerprint density at radius 1 is 1.28 bits per heavy atom. The molecular formula is C17H19ClIN3O3. The molecule has 8 heteroatoms. The van der Waals surface area contributed by atoms with Crippen molar-refractivity contribution in [2.45, 2.75) is 27.2 Å². The van der Waals surface area contributed by atoms with Gasteiger partial charge in [-0.1, -0.05) is 32.4 Å². The second-order valence-electron chi connectivity index (χ2n) is 6.69. The molecule has 2 aromatic rings. The van der Waals surface area contributed by atoms with Gasteiger partial charge in [-0.25, -0.2) is 0 Å². The van der Waals surface area contributed by atoms with Gasteiger partial charge >= 0.3 is 0 Å². The van der Waals surface area contributed by atoms with E-state index in [0.29, 0.717) is 22.7 Å². The number of aromatic nitrogens is 1. The molecule has 25 heavy (non-hydrogen) atoms. The van der Waals surface area contributed by atoms with Crippen LogP contribution in [-0.4, -0.2) is 23.4 Å². The summed E-state index contributed by atoms with van der Waals surface area (Å²) in [4.78, 5) is 27.9. The highest BCUT2D eigenvalue weighted by atomic mass is 127. The van der Waals surface area contributed by atoms with Gasteiger partial charge in [-0.05, 0) is 46.2 Å². The first-order chi connectivity index (χ1) is 11.7. The molecule has 2 amide bonds. The summed E-state index contributed by atoms with van der Waals surface area (Å²) in [5, 5.41) is 1.32. The molecule has 2 rings (SSSR count). The van der Waals surface area contributed by atoms with Gasteiger partial charge in [-0.3, -0.25) is 25.4 Å². The second-order valence-corrected chi connectivity index (χ2v) is 8.26. The van der Waals surface area contributed by atoms with Gasteiger partial charge in [0.1, 0.15) is 5.52 Å². The van der Waals surface area contributed by atoms with Crippen molar-refractivity contribution < 1.29 is 14.3 Å². The van der Waals surface area contributed by atoms with Crippen molar-refractivity contribution in [1.82, 2.24) is 15.8 Å². The summed E-state index contributed by atoms with van der Waals surface area (Å²) in [6, 6.07) is 5.37. The van der Waals surface area contributed by atoms with E-state index in [4.69, 9.17) is 16.3 Å². The van der Waals surface area contributed by atoms with Crippen molar-refractivity contribution in [3.8, 4) is 5.75 Å². The zero-order valence-corrected chi connectivity index (χ0v) is 17.1. The molecule has 0 bridgehead atoms. The highest BCUT2D eigenvalue weighted by Crippen LogP contribution is 2.34. The lowest BCUT2D eigenvalue weighted by atomic mass is 9.92. The fourth-order valence-electron chi connectivity index (χ4n) is 2.12. The van der Waals surface area contributed by atoms with E-state index in [1.165, 1.54) is 0 Å². The average molecular weight is 476 g/mol. The molecule has 1 heterocycles. The van der Waals surface area contributed by atoms with Crippen LogP contribution in [0, 0.1) is 8.99 Å². The van der Waals surface area contributed by atoms with Gasteiger partial charge < -0.3 is 4.74 Å². The van der Waals surface area contributed by atoms with Crippen LogP contribution in [0.3, 0.4) is 0 Å². The summed E-state index contributed by atoms with van der Waals surface area (Å²) in [6.45, 7) is 5.58. The fourth-order valence-corrected chi connectivity index (χ4v) is 3.29. The lowest BCUT2D eigenvalue weighted by molar-refractivity contribution is -0.130. The molecule has 0 aliphatic carbocycles. The number of hydrazine groups is 1. The number of hydrogen-bond donors (Lipinski definition) is 2. The smallest absolute Gasteiger partial charge is 0.276 e. The Morgan fingerprint density at radius 3 is 2.64 bits per heavy atom. The van der Waals surface area contributed by atoms with Crippen LogP contribution in [0.1, 0.15) is 27.2 Å². The molecule has 6 nitrogen and oxygen atoms in total. The molecule has 0 unspecified atom stereocenters. The molecule has 0 radical (unpaired) electrons. The number of pyridine rings is 1. The molecule has 0 aliphatic rings. The van der Waals surface area contributed by atoms with Crippen LogP contribution in [0.25, 0.3) is 10.9 Å². The standard InChI is InChI=1S/C17H19ClIN3O3/c1-17(2,3)8-13(23)21-22-14(24)9-25-16-12(19)7-11(18)10-5-4-6-20-15(10)16/h4-7H,8-9H2,1-3H3,(H,21,23)(H,22,24). The molecule has 2 N–H and O–H groups in total. The number of ether oxygens (including phenoxy) is 1. The number of nitrogens with one attached hydrogen (secondary N) is 2. The van der Waals surface area contributed by atoms with E-state index in [1.807, 2.05) is 26.8 Å². The topological polar surface area (TPSA) is 80.3 Å². The number of benzene rings is 1. The van der Waals surface area contributed by atoms with Crippen molar-refractivity contribution in [2.24, 2.45) is 5.41 Å². The van der Waals surface area contributed by atoms with Gasteiger partial charge in [0.05, 0.1) is 8.59 Å². The van der Waals surface area contributed by atoms with Crippen LogP contribution >= 0.6 is 34.2 Å². The maximum absolute atomic E-state index is 11.9. The number of nitrogens with zero attached hydrogens (tertiary/aromatic N) is 1. The Bertz CT molecular complexity index is 806. The van der Waals surface area contributed by atoms with Crippen molar-refractivity contribution in [3.63, 3.8) is 0 Å². The first kappa shape index (κ1) is 19.7. The van der Waals surface area contributed by atoms with Crippen molar-refractivity contribution >= 4 is 56.9 Å². The number of carbonyl (C=O) groups excluding carboxylic acids is 2. The minimum atomic E-state index is -0.461. The maximum Gasteiger partial charge on any atom is 0.276 e. The van der Waals surface area contributed by atoms with Crippen LogP contribution < -0.4 is 15.6 Å². The van der Waals surface area contributed by atoms with Gasteiger partial charge in [0.25, 0.3) is 5.91 Å². The summed E-state index contributed by atoms with van der Waals surface area (Å²) in [5.74, 6) is -0.233. The van der Waals surface area contributed by atoms with Crippen LogP contribution in [-0.2, 0) is 9.59 Å². The van der Waals surface area contributed by atoms with Crippen molar-refractivity contribution in [1.29, 1.82) is 0 Å². The zero-order chi connectivity index (χ0) is 18.6. The summed E-state index contributed by atoms with van der Waals surface area (Å²) in [5.41, 5.74) is 5.15. The van der Waals surface area contributed by atoms with E-state index >= 15 is 0 Å². The number of halogens is 2. The highest BCUT2D eigenvalue weighted by Gasteiger charge is 2.17. The molecular weight excluding hydrogens is 457 g/mol. The van der Waals surface area contributed by atoms with Gasteiger partial charge in [0, 0.05) is 18.0 Å².